The maximum absolute atomic E-state index is 13.2. The van der Waals surface area contributed by atoms with Gasteiger partial charge in [0, 0.05) is 11.2 Å². The maximum Gasteiger partial charge on any atom is 0.417 e. The van der Waals surface area contributed by atoms with E-state index >= 15 is 0 Å². The average Bonchev–Trinajstić information content (AvgIpc) is 2.64. The zero-order chi connectivity index (χ0) is 20.5. The van der Waals surface area contributed by atoms with Crippen LogP contribution >= 0.6 is 23.2 Å². The van der Waals surface area contributed by atoms with Crippen LogP contribution in [0.4, 0.5) is 24.7 Å². The second kappa shape index (κ2) is 7.62. The summed E-state index contributed by atoms with van der Waals surface area (Å²) >= 11 is 11.9. The second-order valence-electron chi connectivity index (χ2n) is 5.59. The highest BCUT2D eigenvalue weighted by atomic mass is 35.5. The van der Waals surface area contributed by atoms with Crippen LogP contribution in [0.1, 0.15) is 5.56 Å². The lowest BCUT2D eigenvalue weighted by atomic mass is 10.2. The molecule has 0 unspecified atom stereocenters. The van der Waals surface area contributed by atoms with Gasteiger partial charge in [-0.1, -0.05) is 41.4 Å². The quantitative estimate of drug-likeness (QED) is 0.498. The number of sulfonamides is 1. The van der Waals surface area contributed by atoms with Gasteiger partial charge in [-0.25, -0.2) is 17.7 Å². The fourth-order valence-electron chi connectivity index (χ4n) is 2.38. The molecular formula is C18H11Cl2F3N2O2S. The van der Waals surface area contributed by atoms with Crippen molar-refractivity contribution in [3.8, 4) is 0 Å². The van der Waals surface area contributed by atoms with Gasteiger partial charge in [0.05, 0.1) is 21.2 Å². The number of benzene rings is 2. The first-order valence-electron chi connectivity index (χ1n) is 7.69. The minimum atomic E-state index is -4.67. The Morgan fingerprint density at radius 2 is 1.54 bits per heavy atom. The standard InChI is InChI=1S/C18H11Cl2F3N2O2S/c19-13-6-8-14(9-7-13)25(28(26,27)15-4-2-1-3-5-15)17-16(20)10-12(11-24-17)18(21,22)23/h1-11H. The van der Waals surface area contributed by atoms with Crippen LogP contribution in [0.15, 0.2) is 71.8 Å². The van der Waals surface area contributed by atoms with Crippen LogP contribution in [-0.2, 0) is 16.2 Å². The Labute approximate surface area is 169 Å². The number of nitrogens with zero attached hydrogens (tertiary/aromatic N) is 2. The van der Waals surface area contributed by atoms with Gasteiger partial charge in [0.15, 0.2) is 5.82 Å². The lowest BCUT2D eigenvalue weighted by Gasteiger charge is -2.25. The number of alkyl halides is 3. The molecule has 0 N–H and O–H groups in total. The molecular weight excluding hydrogens is 436 g/mol. The Kier molecular flexibility index (Phi) is 5.56. The molecule has 3 aromatic rings. The molecule has 0 bridgehead atoms. The molecule has 4 nitrogen and oxygen atoms in total. The normalized spacial score (nSPS) is 12.0. The number of hydrogen-bond acceptors (Lipinski definition) is 3. The number of anilines is 2. The number of halogens is 5. The third-order valence-corrected chi connectivity index (χ3v) is 5.95. The molecule has 2 aromatic carbocycles. The van der Waals surface area contributed by atoms with E-state index in [-0.39, 0.29) is 16.4 Å². The van der Waals surface area contributed by atoms with Crippen molar-refractivity contribution < 1.29 is 21.6 Å². The SMILES string of the molecule is O=S(=O)(c1ccccc1)N(c1ccc(Cl)cc1)c1ncc(C(F)(F)F)cc1Cl. The summed E-state index contributed by atoms with van der Waals surface area (Å²) < 4.78 is 66.0. The Morgan fingerprint density at radius 3 is 2.07 bits per heavy atom. The predicted molar refractivity (Wildman–Crippen MR) is 101 cm³/mol. The van der Waals surface area contributed by atoms with E-state index in [9.17, 15) is 21.6 Å². The van der Waals surface area contributed by atoms with E-state index in [1.807, 2.05) is 0 Å². The van der Waals surface area contributed by atoms with E-state index in [1.165, 1.54) is 48.5 Å². The molecule has 146 valence electrons. The molecule has 0 aliphatic rings. The van der Waals surface area contributed by atoms with Gasteiger partial charge in [0.1, 0.15) is 0 Å². The molecule has 0 atom stereocenters. The summed E-state index contributed by atoms with van der Waals surface area (Å²) in [5, 5.41) is -0.114. The largest absolute Gasteiger partial charge is 0.417 e. The number of pyridine rings is 1. The second-order valence-corrected chi connectivity index (χ2v) is 8.22. The minimum Gasteiger partial charge on any atom is -0.236 e. The highest BCUT2D eigenvalue weighted by Gasteiger charge is 2.34. The summed E-state index contributed by atoms with van der Waals surface area (Å²) in [4.78, 5) is 3.62. The molecule has 1 heterocycles. The summed E-state index contributed by atoms with van der Waals surface area (Å²) in [6.45, 7) is 0. The van der Waals surface area contributed by atoms with Crippen molar-refractivity contribution in [3.05, 3.63) is 82.5 Å². The molecule has 0 spiro atoms. The maximum atomic E-state index is 13.2. The Morgan fingerprint density at radius 1 is 0.929 bits per heavy atom. The van der Waals surface area contributed by atoms with Gasteiger partial charge < -0.3 is 0 Å². The van der Waals surface area contributed by atoms with Gasteiger partial charge in [-0.2, -0.15) is 13.2 Å². The molecule has 0 saturated heterocycles. The van der Waals surface area contributed by atoms with Crippen LogP contribution in [-0.4, -0.2) is 13.4 Å². The van der Waals surface area contributed by atoms with Crippen LogP contribution in [0.2, 0.25) is 10.0 Å². The first kappa shape index (κ1) is 20.4. The van der Waals surface area contributed by atoms with Crippen molar-refractivity contribution >= 4 is 44.7 Å². The fraction of sp³-hybridized carbons (Fsp3) is 0.0556. The van der Waals surface area contributed by atoms with Crippen molar-refractivity contribution in [3.63, 3.8) is 0 Å². The number of hydrogen-bond donors (Lipinski definition) is 0. The molecule has 0 radical (unpaired) electrons. The first-order chi connectivity index (χ1) is 13.1. The molecule has 3 rings (SSSR count). The molecule has 1 aromatic heterocycles. The van der Waals surface area contributed by atoms with Crippen LogP contribution in [0.25, 0.3) is 0 Å². The first-order valence-corrected chi connectivity index (χ1v) is 9.89. The summed E-state index contributed by atoms with van der Waals surface area (Å²) in [5.74, 6) is -0.360. The van der Waals surface area contributed by atoms with Crippen molar-refractivity contribution in [2.24, 2.45) is 0 Å². The monoisotopic (exact) mass is 446 g/mol. The van der Waals surface area contributed by atoms with Gasteiger partial charge in [0.2, 0.25) is 0 Å². The number of rotatable bonds is 4. The van der Waals surface area contributed by atoms with E-state index in [1.54, 1.807) is 6.07 Å². The van der Waals surface area contributed by atoms with Crippen LogP contribution in [0, 0.1) is 0 Å². The van der Waals surface area contributed by atoms with Crippen LogP contribution < -0.4 is 4.31 Å². The topological polar surface area (TPSA) is 50.3 Å². The van der Waals surface area contributed by atoms with E-state index in [0.29, 0.717) is 17.3 Å². The van der Waals surface area contributed by atoms with E-state index < -0.39 is 26.8 Å². The lowest BCUT2D eigenvalue weighted by molar-refractivity contribution is -0.137. The predicted octanol–water partition coefficient (Wildman–Crippen LogP) is 5.93. The zero-order valence-electron chi connectivity index (χ0n) is 13.9. The van der Waals surface area contributed by atoms with Gasteiger partial charge in [0.25, 0.3) is 10.0 Å². The van der Waals surface area contributed by atoms with Crippen LogP contribution in [0.3, 0.4) is 0 Å². The van der Waals surface area contributed by atoms with Crippen molar-refractivity contribution in [1.82, 2.24) is 4.98 Å². The Bertz CT molecular complexity index is 1090. The summed E-state index contributed by atoms with van der Waals surface area (Å²) in [6.07, 6.45) is -4.14. The molecule has 0 amide bonds. The highest BCUT2D eigenvalue weighted by molar-refractivity contribution is 7.93. The van der Waals surface area contributed by atoms with E-state index in [2.05, 4.69) is 4.98 Å². The van der Waals surface area contributed by atoms with Gasteiger partial charge in [-0.3, -0.25) is 0 Å². The van der Waals surface area contributed by atoms with Crippen LogP contribution in [0.5, 0.6) is 0 Å². The van der Waals surface area contributed by atoms with Gasteiger partial charge in [-0.15, -0.1) is 0 Å². The van der Waals surface area contributed by atoms with Crippen molar-refractivity contribution in [1.29, 1.82) is 0 Å². The zero-order valence-corrected chi connectivity index (χ0v) is 16.2. The molecule has 0 saturated carbocycles. The highest BCUT2D eigenvalue weighted by Crippen LogP contribution is 2.38. The summed E-state index contributed by atoms with van der Waals surface area (Å²) in [5.41, 5.74) is -0.975. The molecule has 28 heavy (non-hydrogen) atoms. The van der Waals surface area contributed by atoms with Gasteiger partial charge >= 0.3 is 6.18 Å². The molecule has 0 aliphatic heterocycles. The van der Waals surface area contributed by atoms with Gasteiger partial charge in [-0.05, 0) is 42.5 Å². The van der Waals surface area contributed by atoms with E-state index in [0.717, 1.165) is 4.31 Å². The number of aromatic nitrogens is 1. The molecule has 0 aliphatic carbocycles. The Hall–Kier alpha value is -2.29. The Balaban J connectivity index is 2.22. The molecule has 10 heteroatoms. The summed E-state index contributed by atoms with van der Waals surface area (Å²) in [6, 6.07) is 13.7. The smallest absolute Gasteiger partial charge is 0.236 e. The fourth-order valence-corrected chi connectivity index (χ4v) is 4.30. The van der Waals surface area contributed by atoms with Crippen molar-refractivity contribution in [2.45, 2.75) is 11.1 Å². The molecule has 0 fully saturated rings. The summed E-state index contributed by atoms with van der Waals surface area (Å²) in [7, 11) is -4.23. The lowest BCUT2D eigenvalue weighted by Crippen LogP contribution is -2.27. The van der Waals surface area contributed by atoms with Crippen molar-refractivity contribution in [2.75, 3.05) is 4.31 Å². The van der Waals surface area contributed by atoms with E-state index in [4.69, 9.17) is 23.2 Å². The minimum absolute atomic E-state index is 0.0808. The third kappa shape index (κ3) is 4.09. The average molecular weight is 447 g/mol. The third-order valence-electron chi connectivity index (χ3n) is 3.68.